The summed E-state index contributed by atoms with van der Waals surface area (Å²) < 4.78 is 24.7. The first-order chi connectivity index (χ1) is 10.2. The Hall–Kier alpha value is -1.38. The van der Waals surface area contributed by atoms with Crippen LogP contribution in [0.1, 0.15) is 12.5 Å². The Morgan fingerprint density at radius 2 is 2.09 bits per heavy atom. The monoisotopic (exact) mass is 347 g/mol. The summed E-state index contributed by atoms with van der Waals surface area (Å²) in [5.74, 6) is 0.326. The van der Waals surface area contributed by atoms with Crippen molar-refractivity contribution in [1.29, 1.82) is 0 Å². The maximum absolute atomic E-state index is 11.6. The molecule has 7 nitrogen and oxygen atoms in total. The van der Waals surface area contributed by atoms with Crippen molar-refractivity contribution < 1.29 is 13.3 Å². The van der Waals surface area contributed by atoms with Gasteiger partial charge in [-0.1, -0.05) is 11.6 Å². The molecule has 122 valence electrons. The van der Waals surface area contributed by atoms with E-state index in [4.69, 9.17) is 11.6 Å². The number of benzene rings is 1. The van der Waals surface area contributed by atoms with Crippen LogP contribution < -0.4 is 5.32 Å². The van der Waals surface area contributed by atoms with E-state index in [9.17, 15) is 18.5 Å². The molecule has 9 heteroatoms. The minimum atomic E-state index is -3.10. The summed E-state index contributed by atoms with van der Waals surface area (Å²) in [5.41, 5.74) is 1.30. The van der Waals surface area contributed by atoms with Crippen LogP contribution in [0.2, 0.25) is 5.02 Å². The normalized spacial score (nSPS) is 16.3. The number of hydrogen-bond acceptors (Lipinski definition) is 5. The molecule has 0 amide bonds. The van der Waals surface area contributed by atoms with E-state index in [0.29, 0.717) is 35.9 Å². The van der Waals surface area contributed by atoms with E-state index in [-0.39, 0.29) is 17.4 Å². The largest absolute Gasteiger partial charge is 0.383 e. The second-order valence-corrected chi connectivity index (χ2v) is 8.01. The average Bonchev–Trinajstić information content (AvgIpc) is 2.38. The summed E-state index contributed by atoms with van der Waals surface area (Å²) >= 11 is 6.07. The van der Waals surface area contributed by atoms with Crippen LogP contribution in [0.5, 0.6) is 0 Å². The molecule has 1 aliphatic heterocycles. The van der Waals surface area contributed by atoms with Crippen LogP contribution in [0.3, 0.4) is 0 Å². The summed E-state index contributed by atoms with van der Waals surface area (Å²) in [6.45, 7) is 4.94. The molecule has 1 heterocycles. The van der Waals surface area contributed by atoms with E-state index in [1.165, 1.54) is 16.4 Å². The van der Waals surface area contributed by atoms with Gasteiger partial charge in [0.25, 0.3) is 5.69 Å². The molecule has 0 spiro atoms. The van der Waals surface area contributed by atoms with Gasteiger partial charge in [-0.3, -0.25) is 10.1 Å². The number of halogens is 1. The molecule has 1 aliphatic rings. The molecule has 1 fully saturated rings. The molecule has 0 aromatic heterocycles. The first-order valence-electron chi connectivity index (χ1n) is 6.90. The molecule has 22 heavy (non-hydrogen) atoms. The lowest BCUT2D eigenvalue weighted by Crippen LogP contribution is -2.52. The van der Waals surface area contributed by atoms with Gasteiger partial charge in [0.15, 0.2) is 0 Å². The quantitative estimate of drug-likeness (QED) is 0.629. The number of hydrogen-bond donors (Lipinski definition) is 1. The van der Waals surface area contributed by atoms with Crippen molar-refractivity contribution in [1.82, 2.24) is 4.31 Å². The standard InChI is InChI=1S/C13H18ClN3O4S/c1-3-22(20,21)16-7-10(8-16)6-15-13-9(2)4-11(17(18)19)5-12(13)14/h4-5,10,15H,3,6-8H2,1-2H3. The molecule has 0 radical (unpaired) electrons. The Morgan fingerprint density at radius 1 is 1.45 bits per heavy atom. The molecule has 1 saturated heterocycles. The van der Waals surface area contributed by atoms with Gasteiger partial charge < -0.3 is 5.32 Å². The highest BCUT2D eigenvalue weighted by Crippen LogP contribution is 2.31. The van der Waals surface area contributed by atoms with Gasteiger partial charge in [0.2, 0.25) is 10.0 Å². The van der Waals surface area contributed by atoms with Crippen LogP contribution in [0.15, 0.2) is 12.1 Å². The molecule has 1 N–H and O–H groups in total. The Bertz CT molecular complexity index is 664. The van der Waals surface area contributed by atoms with Crippen molar-refractivity contribution >= 4 is 33.0 Å². The van der Waals surface area contributed by atoms with Crippen LogP contribution in [0, 0.1) is 23.0 Å². The van der Waals surface area contributed by atoms with E-state index < -0.39 is 14.9 Å². The predicted octanol–water partition coefficient (Wildman–Crippen LogP) is 2.25. The molecule has 1 aromatic carbocycles. The molecule has 0 aliphatic carbocycles. The first kappa shape index (κ1) is 17.0. The SMILES string of the molecule is CCS(=O)(=O)N1CC(CNc2c(C)cc([N+](=O)[O-])cc2Cl)C1. The molecule has 0 unspecified atom stereocenters. The molecule has 0 atom stereocenters. The van der Waals surface area contributed by atoms with E-state index in [1.807, 2.05) is 0 Å². The summed E-state index contributed by atoms with van der Waals surface area (Å²) in [6, 6.07) is 2.77. The van der Waals surface area contributed by atoms with Gasteiger partial charge in [-0.15, -0.1) is 0 Å². The van der Waals surface area contributed by atoms with Gasteiger partial charge >= 0.3 is 0 Å². The zero-order chi connectivity index (χ0) is 16.5. The van der Waals surface area contributed by atoms with E-state index in [1.54, 1.807) is 13.8 Å². The van der Waals surface area contributed by atoms with E-state index in [2.05, 4.69) is 5.32 Å². The zero-order valence-electron chi connectivity index (χ0n) is 12.4. The average molecular weight is 348 g/mol. The van der Waals surface area contributed by atoms with Crippen molar-refractivity contribution in [3.8, 4) is 0 Å². The lowest BCUT2D eigenvalue weighted by molar-refractivity contribution is -0.384. The third-order valence-corrected chi connectivity index (χ3v) is 5.84. The minimum absolute atomic E-state index is 0.0445. The van der Waals surface area contributed by atoms with Gasteiger partial charge in [0, 0.05) is 37.7 Å². The fraction of sp³-hybridized carbons (Fsp3) is 0.538. The molecule has 2 rings (SSSR count). The number of non-ortho nitro benzene ring substituents is 1. The number of nitro benzene ring substituents is 1. The van der Waals surface area contributed by atoms with Crippen LogP contribution in [-0.4, -0.2) is 43.0 Å². The second kappa shape index (κ2) is 6.39. The number of sulfonamides is 1. The van der Waals surface area contributed by atoms with Gasteiger partial charge in [-0.05, 0) is 19.4 Å². The van der Waals surface area contributed by atoms with Gasteiger partial charge in [-0.2, -0.15) is 0 Å². The minimum Gasteiger partial charge on any atom is -0.383 e. The lowest BCUT2D eigenvalue weighted by Gasteiger charge is -2.38. The molecule has 0 saturated carbocycles. The molecular weight excluding hydrogens is 330 g/mol. The van der Waals surface area contributed by atoms with Crippen molar-refractivity contribution in [2.24, 2.45) is 5.92 Å². The molecule has 0 bridgehead atoms. The molecular formula is C13H18ClN3O4S. The summed E-state index contributed by atoms with van der Waals surface area (Å²) in [6.07, 6.45) is 0. The number of rotatable bonds is 6. The zero-order valence-corrected chi connectivity index (χ0v) is 13.9. The predicted molar refractivity (Wildman–Crippen MR) is 85.9 cm³/mol. The van der Waals surface area contributed by atoms with Crippen LogP contribution in [0.25, 0.3) is 0 Å². The number of nitrogens with zero attached hydrogens (tertiary/aromatic N) is 2. The Balaban J connectivity index is 1.96. The fourth-order valence-electron chi connectivity index (χ4n) is 2.36. The Kier molecular flexibility index (Phi) is 4.93. The Labute approximate surface area is 134 Å². The number of nitro groups is 1. The van der Waals surface area contributed by atoms with Crippen molar-refractivity contribution in [3.05, 3.63) is 32.8 Å². The lowest BCUT2D eigenvalue weighted by atomic mass is 10.0. The highest BCUT2D eigenvalue weighted by atomic mass is 35.5. The number of anilines is 1. The summed E-state index contributed by atoms with van der Waals surface area (Å²) in [4.78, 5) is 10.3. The number of nitrogens with one attached hydrogen (secondary N) is 1. The third kappa shape index (κ3) is 3.50. The van der Waals surface area contributed by atoms with Gasteiger partial charge in [0.1, 0.15) is 0 Å². The van der Waals surface area contributed by atoms with Crippen LogP contribution >= 0.6 is 11.6 Å². The van der Waals surface area contributed by atoms with E-state index in [0.717, 1.165) is 0 Å². The third-order valence-electron chi connectivity index (χ3n) is 3.73. The van der Waals surface area contributed by atoms with Crippen molar-refractivity contribution in [3.63, 3.8) is 0 Å². The maximum Gasteiger partial charge on any atom is 0.271 e. The van der Waals surface area contributed by atoms with Crippen molar-refractivity contribution in [2.45, 2.75) is 13.8 Å². The highest BCUT2D eigenvalue weighted by Gasteiger charge is 2.34. The van der Waals surface area contributed by atoms with Gasteiger partial charge in [-0.25, -0.2) is 12.7 Å². The fourth-order valence-corrected chi connectivity index (χ4v) is 3.93. The Morgan fingerprint density at radius 3 is 2.59 bits per heavy atom. The summed E-state index contributed by atoms with van der Waals surface area (Å²) in [7, 11) is -3.10. The van der Waals surface area contributed by atoms with Crippen molar-refractivity contribution in [2.75, 3.05) is 30.7 Å². The first-order valence-corrected chi connectivity index (χ1v) is 8.89. The summed E-state index contributed by atoms with van der Waals surface area (Å²) in [5, 5.41) is 14.2. The van der Waals surface area contributed by atoms with Crippen LogP contribution in [-0.2, 0) is 10.0 Å². The highest BCUT2D eigenvalue weighted by molar-refractivity contribution is 7.89. The molecule has 1 aromatic rings. The number of aryl methyl sites for hydroxylation is 1. The van der Waals surface area contributed by atoms with Crippen LogP contribution in [0.4, 0.5) is 11.4 Å². The maximum atomic E-state index is 11.6. The van der Waals surface area contributed by atoms with Gasteiger partial charge in [0.05, 0.1) is 21.4 Å². The smallest absolute Gasteiger partial charge is 0.271 e. The topological polar surface area (TPSA) is 92.6 Å². The second-order valence-electron chi connectivity index (χ2n) is 5.34. The van der Waals surface area contributed by atoms with E-state index >= 15 is 0 Å².